The number of nitrogens with one attached hydrogen (secondary N) is 2. The smallest absolute Gasteiger partial charge is 0.167 e. The fourth-order valence-corrected chi connectivity index (χ4v) is 2.29. The fraction of sp³-hybridized carbons (Fsp3) is 0.800. The minimum Gasteiger partial charge on any atom is -0.370 e. The summed E-state index contributed by atoms with van der Waals surface area (Å²) in [6, 6.07) is 0.344. The Morgan fingerprint density at radius 2 is 2.27 bits per heavy atom. The Hall–Kier alpha value is -0.940. The molecule has 5 nitrogen and oxygen atoms in total. The standard InChI is InChI=1S/C10H16N4O/c1-3-7(11-5-1)9-12-10(14-13-9)8-4-2-6-15-8/h7-8,11H,1-6H2,(H,12,13,14). The van der Waals surface area contributed by atoms with Crippen LogP contribution in [0.25, 0.3) is 0 Å². The van der Waals surface area contributed by atoms with Gasteiger partial charge in [-0.2, -0.15) is 5.10 Å². The molecule has 0 aliphatic carbocycles. The van der Waals surface area contributed by atoms with Gasteiger partial charge in [0.15, 0.2) is 11.6 Å². The van der Waals surface area contributed by atoms with E-state index < -0.39 is 0 Å². The van der Waals surface area contributed by atoms with Crippen molar-refractivity contribution in [1.82, 2.24) is 20.5 Å². The van der Waals surface area contributed by atoms with Crippen LogP contribution in [-0.2, 0) is 4.74 Å². The zero-order chi connectivity index (χ0) is 10.1. The maximum atomic E-state index is 5.56. The molecule has 2 aliphatic rings. The molecule has 2 saturated heterocycles. The minimum absolute atomic E-state index is 0.146. The van der Waals surface area contributed by atoms with Crippen LogP contribution in [0.4, 0.5) is 0 Å². The maximum Gasteiger partial charge on any atom is 0.167 e. The highest BCUT2D eigenvalue weighted by Crippen LogP contribution is 2.27. The Morgan fingerprint density at radius 1 is 1.27 bits per heavy atom. The third-order valence-corrected chi connectivity index (χ3v) is 3.13. The molecule has 3 heterocycles. The van der Waals surface area contributed by atoms with Gasteiger partial charge in [-0.05, 0) is 32.2 Å². The number of hydrogen-bond donors (Lipinski definition) is 2. The van der Waals surface area contributed by atoms with Gasteiger partial charge < -0.3 is 10.1 Å². The predicted molar refractivity (Wildman–Crippen MR) is 54.3 cm³/mol. The van der Waals surface area contributed by atoms with Gasteiger partial charge in [0, 0.05) is 6.61 Å². The molecule has 82 valence electrons. The zero-order valence-corrected chi connectivity index (χ0v) is 8.70. The van der Waals surface area contributed by atoms with E-state index in [1.54, 1.807) is 0 Å². The first kappa shape index (κ1) is 9.30. The Morgan fingerprint density at radius 3 is 3.00 bits per heavy atom. The Labute approximate surface area is 88.6 Å². The first-order chi connectivity index (χ1) is 7.43. The van der Waals surface area contributed by atoms with Gasteiger partial charge in [-0.1, -0.05) is 0 Å². The molecule has 2 N–H and O–H groups in total. The van der Waals surface area contributed by atoms with E-state index in [-0.39, 0.29) is 6.10 Å². The molecule has 0 aromatic carbocycles. The van der Waals surface area contributed by atoms with E-state index >= 15 is 0 Å². The fourth-order valence-electron chi connectivity index (χ4n) is 2.29. The first-order valence-corrected chi connectivity index (χ1v) is 5.70. The maximum absolute atomic E-state index is 5.56. The van der Waals surface area contributed by atoms with Crippen molar-refractivity contribution in [3.63, 3.8) is 0 Å². The molecule has 0 amide bonds. The van der Waals surface area contributed by atoms with Crippen LogP contribution in [0.2, 0.25) is 0 Å². The number of nitrogens with zero attached hydrogens (tertiary/aromatic N) is 2. The van der Waals surface area contributed by atoms with Crippen LogP contribution in [0.3, 0.4) is 0 Å². The van der Waals surface area contributed by atoms with Gasteiger partial charge in [0.25, 0.3) is 0 Å². The lowest BCUT2D eigenvalue weighted by Gasteiger charge is -2.04. The second-order valence-electron chi connectivity index (χ2n) is 4.23. The van der Waals surface area contributed by atoms with Crippen molar-refractivity contribution in [2.75, 3.05) is 13.2 Å². The minimum atomic E-state index is 0.146. The Balaban J connectivity index is 1.74. The molecule has 3 rings (SSSR count). The molecule has 0 bridgehead atoms. The lowest BCUT2D eigenvalue weighted by atomic mass is 10.2. The summed E-state index contributed by atoms with van der Waals surface area (Å²) in [5, 5.41) is 10.7. The summed E-state index contributed by atoms with van der Waals surface area (Å²) in [6.45, 7) is 1.93. The highest BCUT2D eigenvalue weighted by atomic mass is 16.5. The molecule has 5 heteroatoms. The largest absolute Gasteiger partial charge is 0.370 e. The second-order valence-corrected chi connectivity index (χ2v) is 4.23. The van der Waals surface area contributed by atoms with Gasteiger partial charge in [-0.15, -0.1) is 0 Å². The average molecular weight is 208 g/mol. The molecule has 2 aliphatic heterocycles. The van der Waals surface area contributed by atoms with Crippen LogP contribution in [0, 0.1) is 0 Å². The van der Waals surface area contributed by atoms with Crippen molar-refractivity contribution < 1.29 is 4.74 Å². The van der Waals surface area contributed by atoms with Gasteiger partial charge >= 0.3 is 0 Å². The number of aromatic nitrogens is 3. The van der Waals surface area contributed by atoms with Gasteiger partial charge in [0.2, 0.25) is 0 Å². The van der Waals surface area contributed by atoms with Crippen LogP contribution < -0.4 is 5.32 Å². The molecule has 2 fully saturated rings. The van der Waals surface area contributed by atoms with E-state index in [1.807, 2.05) is 0 Å². The zero-order valence-electron chi connectivity index (χ0n) is 8.70. The molecular formula is C10H16N4O. The van der Waals surface area contributed by atoms with Crippen molar-refractivity contribution in [2.45, 2.75) is 37.8 Å². The van der Waals surface area contributed by atoms with E-state index in [9.17, 15) is 0 Å². The van der Waals surface area contributed by atoms with E-state index in [4.69, 9.17) is 4.74 Å². The number of H-pyrrole nitrogens is 1. The van der Waals surface area contributed by atoms with Crippen LogP contribution in [-0.4, -0.2) is 28.3 Å². The summed E-state index contributed by atoms with van der Waals surface area (Å²) < 4.78 is 5.56. The summed E-state index contributed by atoms with van der Waals surface area (Å²) in [4.78, 5) is 4.52. The summed E-state index contributed by atoms with van der Waals surface area (Å²) >= 11 is 0. The van der Waals surface area contributed by atoms with Gasteiger partial charge in [0.1, 0.15) is 6.10 Å². The molecule has 1 aromatic heterocycles. The van der Waals surface area contributed by atoms with Crippen molar-refractivity contribution in [2.24, 2.45) is 0 Å². The average Bonchev–Trinajstić information content (AvgIpc) is 3.02. The molecule has 0 radical (unpaired) electrons. The van der Waals surface area contributed by atoms with E-state index in [2.05, 4.69) is 20.5 Å². The van der Waals surface area contributed by atoms with E-state index in [1.165, 1.54) is 6.42 Å². The SMILES string of the molecule is C1CNC(c2n[nH]c(C3CCCO3)n2)C1. The lowest BCUT2D eigenvalue weighted by molar-refractivity contribution is 0.105. The summed E-state index contributed by atoms with van der Waals surface area (Å²) in [7, 11) is 0. The van der Waals surface area contributed by atoms with Crippen molar-refractivity contribution in [3.05, 3.63) is 11.6 Å². The molecule has 0 spiro atoms. The number of hydrogen-bond acceptors (Lipinski definition) is 4. The predicted octanol–water partition coefficient (Wildman–Crippen LogP) is 1.08. The molecular weight excluding hydrogens is 192 g/mol. The summed E-state index contributed by atoms with van der Waals surface area (Å²) in [5.74, 6) is 1.80. The molecule has 1 aromatic rings. The van der Waals surface area contributed by atoms with Crippen LogP contribution >= 0.6 is 0 Å². The normalized spacial score (nSPS) is 31.2. The lowest BCUT2D eigenvalue weighted by Crippen LogP contribution is -2.14. The third kappa shape index (κ3) is 1.77. The second kappa shape index (κ2) is 3.90. The summed E-state index contributed by atoms with van der Waals surface area (Å²) in [6.07, 6.45) is 4.69. The topological polar surface area (TPSA) is 62.8 Å². The van der Waals surface area contributed by atoms with Gasteiger partial charge in [-0.3, -0.25) is 5.10 Å². The number of rotatable bonds is 2. The van der Waals surface area contributed by atoms with Gasteiger partial charge in [-0.25, -0.2) is 4.98 Å². The van der Waals surface area contributed by atoms with Crippen molar-refractivity contribution in [3.8, 4) is 0 Å². The molecule has 2 unspecified atom stereocenters. The van der Waals surface area contributed by atoms with Gasteiger partial charge in [0.05, 0.1) is 6.04 Å². The van der Waals surface area contributed by atoms with Crippen molar-refractivity contribution in [1.29, 1.82) is 0 Å². The molecule has 0 saturated carbocycles. The highest BCUT2D eigenvalue weighted by molar-refractivity contribution is 5.01. The summed E-state index contributed by atoms with van der Waals surface area (Å²) in [5.41, 5.74) is 0. The molecule has 2 atom stereocenters. The molecule has 15 heavy (non-hydrogen) atoms. The van der Waals surface area contributed by atoms with Crippen LogP contribution in [0.15, 0.2) is 0 Å². The number of aromatic amines is 1. The van der Waals surface area contributed by atoms with E-state index in [0.29, 0.717) is 6.04 Å². The van der Waals surface area contributed by atoms with Crippen LogP contribution in [0.5, 0.6) is 0 Å². The highest BCUT2D eigenvalue weighted by Gasteiger charge is 2.25. The third-order valence-electron chi connectivity index (χ3n) is 3.13. The Bertz CT molecular complexity index is 295. The van der Waals surface area contributed by atoms with Crippen LogP contribution in [0.1, 0.15) is 49.5 Å². The monoisotopic (exact) mass is 208 g/mol. The van der Waals surface area contributed by atoms with E-state index in [0.717, 1.165) is 44.1 Å². The first-order valence-electron chi connectivity index (χ1n) is 5.70. The quantitative estimate of drug-likeness (QED) is 0.763. The van der Waals surface area contributed by atoms with Crippen molar-refractivity contribution >= 4 is 0 Å². The number of ether oxygens (including phenoxy) is 1. The Kier molecular flexibility index (Phi) is 2.42.